The zero-order valence-corrected chi connectivity index (χ0v) is 13.9. The van der Waals surface area contributed by atoms with Crippen LogP contribution in [0.15, 0.2) is 12.1 Å². The van der Waals surface area contributed by atoms with Crippen molar-refractivity contribution >= 4 is 0 Å². The maximum Gasteiger partial charge on any atom is 0.124 e. The third kappa shape index (κ3) is 2.70. The van der Waals surface area contributed by atoms with Crippen LogP contribution in [0, 0.1) is 31.6 Å². The molecule has 0 heterocycles. The minimum Gasteiger partial charge on any atom is -0.496 e. The van der Waals surface area contributed by atoms with Crippen LogP contribution in [0.3, 0.4) is 0 Å². The molecule has 3 unspecified atom stereocenters. The molecule has 2 aliphatic carbocycles. The molecule has 0 saturated heterocycles. The molecule has 0 radical (unpaired) electrons. The summed E-state index contributed by atoms with van der Waals surface area (Å²) in [5, 5.41) is 3.77. The molecule has 2 aliphatic rings. The highest BCUT2D eigenvalue weighted by Gasteiger charge is 2.54. The summed E-state index contributed by atoms with van der Waals surface area (Å²) in [6.45, 7) is 7.60. The molecule has 0 amide bonds. The van der Waals surface area contributed by atoms with E-state index in [0.717, 1.165) is 30.0 Å². The van der Waals surface area contributed by atoms with Crippen LogP contribution in [0.2, 0.25) is 0 Å². The Morgan fingerprint density at radius 1 is 1.14 bits per heavy atom. The van der Waals surface area contributed by atoms with Crippen LogP contribution in [0.1, 0.15) is 55.3 Å². The Balaban J connectivity index is 1.88. The highest BCUT2D eigenvalue weighted by molar-refractivity contribution is 5.44. The fraction of sp³-hybridized carbons (Fsp3) is 0.684. The van der Waals surface area contributed by atoms with E-state index in [4.69, 9.17) is 4.74 Å². The van der Waals surface area contributed by atoms with E-state index in [1.54, 1.807) is 7.11 Å². The summed E-state index contributed by atoms with van der Waals surface area (Å²) in [5.74, 6) is 3.86. The van der Waals surface area contributed by atoms with Crippen LogP contribution in [0.4, 0.5) is 0 Å². The molecule has 0 aromatic heterocycles. The number of hydrogen-bond acceptors (Lipinski definition) is 2. The maximum absolute atomic E-state index is 5.52. The molecule has 21 heavy (non-hydrogen) atoms. The minimum atomic E-state index is 0.534. The van der Waals surface area contributed by atoms with Gasteiger partial charge in [0.2, 0.25) is 0 Å². The fourth-order valence-electron chi connectivity index (χ4n) is 4.72. The van der Waals surface area contributed by atoms with Gasteiger partial charge in [-0.1, -0.05) is 31.9 Å². The molecule has 0 spiro atoms. The molecule has 2 nitrogen and oxygen atoms in total. The van der Waals surface area contributed by atoms with Gasteiger partial charge in [0.25, 0.3) is 0 Å². The SMILES string of the molecule is CCNC(c1cc(C)c(OC)c(C)c1)C1C2CCCCC21. The average molecular weight is 287 g/mol. The average Bonchev–Trinajstić information content (AvgIpc) is 3.18. The maximum atomic E-state index is 5.52. The summed E-state index contributed by atoms with van der Waals surface area (Å²) >= 11 is 0. The Morgan fingerprint density at radius 2 is 1.71 bits per heavy atom. The highest BCUT2D eigenvalue weighted by atomic mass is 16.5. The number of fused-ring (bicyclic) bond motifs is 1. The molecular formula is C19H29NO. The summed E-state index contributed by atoms with van der Waals surface area (Å²) in [5.41, 5.74) is 3.99. The largest absolute Gasteiger partial charge is 0.496 e. The van der Waals surface area contributed by atoms with E-state index in [9.17, 15) is 0 Å². The number of benzene rings is 1. The summed E-state index contributed by atoms with van der Waals surface area (Å²) in [4.78, 5) is 0. The molecule has 2 saturated carbocycles. The van der Waals surface area contributed by atoms with Gasteiger partial charge >= 0.3 is 0 Å². The Hall–Kier alpha value is -1.02. The van der Waals surface area contributed by atoms with Crippen LogP contribution < -0.4 is 10.1 Å². The second kappa shape index (κ2) is 6.00. The summed E-state index contributed by atoms with van der Waals surface area (Å²) in [7, 11) is 1.77. The smallest absolute Gasteiger partial charge is 0.124 e. The van der Waals surface area contributed by atoms with Gasteiger partial charge < -0.3 is 10.1 Å². The molecule has 116 valence electrons. The lowest BCUT2D eigenvalue weighted by Gasteiger charge is -2.21. The number of rotatable bonds is 5. The Morgan fingerprint density at radius 3 is 2.19 bits per heavy atom. The van der Waals surface area contributed by atoms with Gasteiger partial charge in [-0.2, -0.15) is 0 Å². The van der Waals surface area contributed by atoms with Crippen LogP contribution in [0.5, 0.6) is 5.75 Å². The lowest BCUT2D eigenvalue weighted by atomic mass is 9.95. The van der Waals surface area contributed by atoms with Gasteiger partial charge in [0.15, 0.2) is 0 Å². The second-order valence-electron chi connectivity index (χ2n) is 6.91. The predicted molar refractivity (Wildman–Crippen MR) is 87.8 cm³/mol. The third-order valence-electron chi connectivity index (χ3n) is 5.58. The van der Waals surface area contributed by atoms with Gasteiger partial charge in [-0.3, -0.25) is 0 Å². The van der Waals surface area contributed by atoms with Gasteiger partial charge in [-0.25, -0.2) is 0 Å². The Labute approximate surface area is 129 Å². The quantitative estimate of drug-likeness (QED) is 0.866. The lowest BCUT2D eigenvalue weighted by Crippen LogP contribution is -2.24. The Kier molecular flexibility index (Phi) is 4.26. The molecular weight excluding hydrogens is 258 g/mol. The highest BCUT2D eigenvalue weighted by Crippen LogP contribution is 2.60. The summed E-state index contributed by atoms with van der Waals surface area (Å²) < 4.78 is 5.52. The molecule has 2 heteroatoms. The van der Waals surface area contributed by atoms with Crippen molar-refractivity contribution in [3.8, 4) is 5.75 Å². The number of methoxy groups -OCH3 is 1. The molecule has 1 aromatic carbocycles. The summed E-state index contributed by atoms with van der Waals surface area (Å²) in [6.07, 6.45) is 5.78. The monoisotopic (exact) mass is 287 g/mol. The molecule has 1 aromatic rings. The topological polar surface area (TPSA) is 21.3 Å². The van der Waals surface area contributed by atoms with Gasteiger partial charge in [-0.05, 0) is 67.7 Å². The zero-order chi connectivity index (χ0) is 15.0. The van der Waals surface area contributed by atoms with Crippen LogP contribution >= 0.6 is 0 Å². The van der Waals surface area contributed by atoms with E-state index in [0.29, 0.717) is 6.04 Å². The van der Waals surface area contributed by atoms with E-state index in [1.807, 2.05) is 0 Å². The first-order valence-electron chi connectivity index (χ1n) is 8.55. The number of nitrogens with one attached hydrogen (secondary N) is 1. The first kappa shape index (κ1) is 14.9. The second-order valence-corrected chi connectivity index (χ2v) is 6.91. The first-order chi connectivity index (χ1) is 10.2. The van der Waals surface area contributed by atoms with Crippen molar-refractivity contribution in [2.75, 3.05) is 13.7 Å². The normalized spacial score (nSPS) is 28.9. The summed E-state index contributed by atoms with van der Waals surface area (Å²) in [6, 6.07) is 5.21. The third-order valence-corrected chi connectivity index (χ3v) is 5.58. The fourth-order valence-corrected chi connectivity index (χ4v) is 4.72. The van der Waals surface area contributed by atoms with E-state index >= 15 is 0 Å². The lowest BCUT2D eigenvalue weighted by molar-refractivity contribution is 0.406. The zero-order valence-electron chi connectivity index (χ0n) is 13.9. The molecule has 1 N–H and O–H groups in total. The van der Waals surface area contributed by atoms with Gasteiger partial charge in [-0.15, -0.1) is 0 Å². The number of hydrogen-bond donors (Lipinski definition) is 1. The number of ether oxygens (including phenoxy) is 1. The van der Waals surface area contributed by atoms with E-state index < -0.39 is 0 Å². The molecule has 3 rings (SSSR count). The van der Waals surface area contributed by atoms with Gasteiger partial charge in [0.05, 0.1) is 7.11 Å². The van der Waals surface area contributed by atoms with Gasteiger partial charge in [0.1, 0.15) is 5.75 Å². The number of aryl methyl sites for hydroxylation is 2. The van der Waals surface area contributed by atoms with E-state index in [2.05, 4.69) is 38.2 Å². The van der Waals surface area contributed by atoms with Crippen LogP contribution in [-0.4, -0.2) is 13.7 Å². The van der Waals surface area contributed by atoms with Crippen molar-refractivity contribution < 1.29 is 4.74 Å². The van der Waals surface area contributed by atoms with E-state index in [-0.39, 0.29) is 0 Å². The molecule has 2 fully saturated rings. The van der Waals surface area contributed by atoms with Crippen LogP contribution in [0.25, 0.3) is 0 Å². The molecule has 0 aliphatic heterocycles. The Bertz CT molecular complexity index is 475. The van der Waals surface area contributed by atoms with Crippen molar-refractivity contribution in [1.29, 1.82) is 0 Å². The first-order valence-corrected chi connectivity index (χ1v) is 8.55. The van der Waals surface area contributed by atoms with Crippen LogP contribution in [-0.2, 0) is 0 Å². The van der Waals surface area contributed by atoms with Crippen molar-refractivity contribution in [2.24, 2.45) is 17.8 Å². The molecule has 3 atom stereocenters. The van der Waals surface area contributed by atoms with Crippen molar-refractivity contribution in [1.82, 2.24) is 5.32 Å². The van der Waals surface area contributed by atoms with Crippen molar-refractivity contribution in [3.05, 3.63) is 28.8 Å². The predicted octanol–water partition coefficient (Wildman–Crippen LogP) is 4.40. The van der Waals surface area contributed by atoms with Gasteiger partial charge in [0, 0.05) is 6.04 Å². The van der Waals surface area contributed by atoms with Crippen molar-refractivity contribution in [3.63, 3.8) is 0 Å². The van der Waals surface area contributed by atoms with Crippen molar-refractivity contribution in [2.45, 2.75) is 52.5 Å². The minimum absolute atomic E-state index is 0.534. The van der Waals surface area contributed by atoms with E-state index in [1.165, 1.54) is 42.4 Å². The standard InChI is InChI=1S/C19H29NO/c1-5-20-18(17-15-8-6-7-9-16(15)17)14-10-12(2)19(21-4)13(3)11-14/h10-11,15-18,20H,5-9H2,1-4H3. The molecule has 0 bridgehead atoms.